The van der Waals surface area contributed by atoms with Crippen LogP contribution in [0.1, 0.15) is 0 Å². The highest BCUT2D eigenvalue weighted by atomic mass is 79.9. The summed E-state index contributed by atoms with van der Waals surface area (Å²) in [5, 5.41) is 5.12. The molecule has 0 saturated heterocycles. The van der Waals surface area contributed by atoms with E-state index >= 15 is 0 Å². The van der Waals surface area contributed by atoms with Crippen molar-refractivity contribution in [2.45, 2.75) is 0 Å². The number of hydrogen-bond donors (Lipinski definition) is 2. The molecule has 7 heteroatoms. The monoisotopic (exact) mass is 360 g/mol. The number of carbonyl (C=O) groups excluding carboxylic acids is 1. The van der Waals surface area contributed by atoms with Crippen molar-refractivity contribution < 1.29 is 13.6 Å². The van der Waals surface area contributed by atoms with Crippen LogP contribution < -0.4 is 10.6 Å². The van der Waals surface area contributed by atoms with E-state index in [9.17, 15) is 13.6 Å². The minimum absolute atomic E-state index is 0.0178. The highest BCUT2D eigenvalue weighted by Crippen LogP contribution is 2.23. The van der Waals surface area contributed by atoms with Crippen molar-refractivity contribution in [2.24, 2.45) is 0 Å². The summed E-state index contributed by atoms with van der Waals surface area (Å²) >= 11 is 8.62. The fourth-order valence-corrected chi connectivity index (χ4v) is 1.97. The Morgan fingerprint density at radius 1 is 1.10 bits per heavy atom. The molecule has 2 N–H and O–H groups in total. The van der Waals surface area contributed by atoms with Gasteiger partial charge in [0.05, 0.1) is 10.2 Å². The van der Waals surface area contributed by atoms with Gasteiger partial charge in [0.1, 0.15) is 11.6 Å². The second-order valence-corrected chi connectivity index (χ2v) is 5.13. The minimum Gasteiger partial charge on any atom is -0.308 e. The molecule has 104 valence electrons. The van der Waals surface area contributed by atoms with Crippen LogP contribution in [-0.4, -0.2) is 6.03 Å². The summed E-state index contributed by atoms with van der Waals surface area (Å²) in [7, 11) is 0. The summed E-state index contributed by atoms with van der Waals surface area (Å²) in [5.41, 5.74) is 0.179. The van der Waals surface area contributed by atoms with Gasteiger partial charge in [-0.2, -0.15) is 0 Å². The first kappa shape index (κ1) is 14.7. The first-order valence-electron chi connectivity index (χ1n) is 5.44. The molecule has 3 nitrogen and oxygen atoms in total. The van der Waals surface area contributed by atoms with Crippen molar-refractivity contribution >= 4 is 44.9 Å². The van der Waals surface area contributed by atoms with Crippen molar-refractivity contribution in [1.82, 2.24) is 0 Å². The van der Waals surface area contributed by atoms with E-state index in [4.69, 9.17) is 11.6 Å². The molecule has 0 saturated carbocycles. The summed E-state index contributed by atoms with van der Waals surface area (Å²) < 4.78 is 26.8. The fraction of sp³-hybridized carbons (Fsp3) is 0. The molecule has 0 unspecified atom stereocenters. The Kier molecular flexibility index (Phi) is 4.57. The van der Waals surface area contributed by atoms with Gasteiger partial charge >= 0.3 is 6.03 Å². The molecule has 0 atom stereocenters. The zero-order chi connectivity index (χ0) is 14.7. The summed E-state index contributed by atoms with van der Waals surface area (Å²) in [4.78, 5) is 11.7. The largest absolute Gasteiger partial charge is 0.323 e. The molecule has 0 aliphatic carbocycles. The summed E-state index contributed by atoms with van der Waals surface area (Å²) in [6, 6.07) is 7.56. The lowest BCUT2D eigenvalue weighted by molar-refractivity contribution is 0.262. The Hall–Kier alpha value is -1.66. The molecule has 2 aromatic carbocycles. The molecule has 0 spiro atoms. The van der Waals surface area contributed by atoms with Crippen LogP contribution in [0.3, 0.4) is 0 Å². The lowest BCUT2D eigenvalue weighted by atomic mass is 10.3. The van der Waals surface area contributed by atoms with Gasteiger partial charge in [0.15, 0.2) is 0 Å². The molecule has 0 bridgehead atoms. The summed E-state index contributed by atoms with van der Waals surface area (Å²) in [5.74, 6) is -1.43. The van der Waals surface area contributed by atoms with E-state index in [-0.39, 0.29) is 10.2 Å². The molecule has 0 aromatic heterocycles. The molecule has 2 aromatic rings. The standard InChI is InChI=1S/C13H8BrClF2N2O/c14-9-5-11(17)12(6-10(9)16)19-13(20)18-8-3-1-2-7(15)4-8/h1-6H,(H2,18,19,20). The average Bonchev–Trinajstić information content (AvgIpc) is 2.36. The minimum atomic E-state index is -0.750. The first-order chi connectivity index (χ1) is 9.45. The Morgan fingerprint density at radius 2 is 1.85 bits per heavy atom. The molecule has 20 heavy (non-hydrogen) atoms. The van der Waals surface area contributed by atoms with E-state index in [1.807, 2.05) is 0 Å². The van der Waals surface area contributed by atoms with Crippen LogP contribution in [0.25, 0.3) is 0 Å². The SMILES string of the molecule is O=C(Nc1cccc(Cl)c1)Nc1cc(F)c(Br)cc1F. The van der Waals surface area contributed by atoms with Crippen molar-refractivity contribution in [1.29, 1.82) is 0 Å². The van der Waals surface area contributed by atoms with Crippen LogP contribution in [0.4, 0.5) is 25.0 Å². The molecule has 2 amide bonds. The van der Waals surface area contributed by atoms with Crippen molar-refractivity contribution in [3.05, 3.63) is 57.5 Å². The van der Waals surface area contributed by atoms with Crippen LogP contribution in [0.15, 0.2) is 40.9 Å². The maximum Gasteiger partial charge on any atom is 0.323 e. The summed E-state index contributed by atoms with van der Waals surface area (Å²) in [6.45, 7) is 0. The van der Waals surface area contributed by atoms with Gasteiger partial charge in [0.2, 0.25) is 0 Å². The fourth-order valence-electron chi connectivity index (χ4n) is 1.47. The van der Waals surface area contributed by atoms with E-state index in [0.717, 1.165) is 12.1 Å². The Labute approximate surface area is 127 Å². The molecule has 0 aliphatic heterocycles. The second-order valence-electron chi connectivity index (χ2n) is 3.84. The smallest absolute Gasteiger partial charge is 0.308 e. The molecule has 2 rings (SSSR count). The molecule has 0 radical (unpaired) electrons. The lowest BCUT2D eigenvalue weighted by Gasteiger charge is -2.09. The van der Waals surface area contributed by atoms with Gasteiger partial charge in [0, 0.05) is 16.8 Å². The number of carbonyl (C=O) groups is 1. The number of nitrogens with one attached hydrogen (secondary N) is 2. The third-order valence-corrected chi connectivity index (χ3v) is 3.18. The molecule has 0 aliphatic rings. The van der Waals surface area contributed by atoms with E-state index in [1.54, 1.807) is 18.2 Å². The van der Waals surface area contributed by atoms with Gasteiger partial charge in [-0.1, -0.05) is 17.7 Å². The van der Waals surface area contributed by atoms with E-state index < -0.39 is 17.7 Å². The number of halogens is 4. The zero-order valence-corrected chi connectivity index (χ0v) is 12.2. The number of amides is 2. The highest BCUT2D eigenvalue weighted by Gasteiger charge is 2.11. The van der Waals surface area contributed by atoms with Crippen LogP contribution in [0, 0.1) is 11.6 Å². The number of anilines is 2. The maximum atomic E-state index is 13.5. The highest BCUT2D eigenvalue weighted by molar-refractivity contribution is 9.10. The quantitative estimate of drug-likeness (QED) is 0.724. The average molecular weight is 362 g/mol. The third kappa shape index (κ3) is 3.68. The Balaban J connectivity index is 2.10. The van der Waals surface area contributed by atoms with Gasteiger partial charge in [0.25, 0.3) is 0 Å². The number of urea groups is 1. The van der Waals surface area contributed by atoms with E-state index in [0.29, 0.717) is 10.7 Å². The second kappa shape index (κ2) is 6.19. The Morgan fingerprint density at radius 3 is 2.55 bits per heavy atom. The van der Waals surface area contributed by atoms with Crippen LogP contribution in [0.2, 0.25) is 5.02 Å². The number of hydrogen-bond acceptors (Lipinski definition) is 1. The van der Waals surface area contributed by atoms with E-state index in [2.05, 4.69) is 26.6 Å². The normalized spacial score (nSPS) is 10.2. The third-order valence-electron chi connectivity index (χ3n) is 2.34. The Bertz CT molecular complexity index is 667. The maximum absolute atomic E-state index is 13.5. The van der Waals surface area contributed by atoms with E-state index in [1.165, 1.54) is 6.07 Å². The van der Waals surface area contributed by atoms with Gasteiger partial charge in [-0.3, -0.25) is 0 Å². The lowest BCUT2D eigenvalue weighted by Crippen LogP contribution is -2.20. The van der Waals surface area contributed by atoms with Crippen LogP contribution >= 0.6 is 27.5 Å². The van der Waals surface area contributed by atoms with Crippen molar-refractivity contribution in [3.8, 4) is 0 Å². The van der Waals surface area contributed by atoms with Gasteiger partial charge < -0.3 is 10.6 Å². The van der Waals surface area contributed by atoms with Crippen molar-refractivity contribution in [2.75, 3.05) is 10.6 Å². The van der Waals surface area contributed by atoms with Gasteiger partial charge in [-0.25, -0.2) is 13.6 Å². The molecular formula is C13H8BrClF2N2O. The topological polar surface area (TPSA) is 41.1 Å². The number of benzene rings is 2. The molecule has 0 heterocycles. The van der Waals surface area contributed by atoms with Crippen LogP contribution in [-0.2, 0) is 0 Å². The van der Waals surface area contributed by atoms with Gasteiger partial charge in [-0.05, 0) is 40.2 Å². The van der Waals surface area contributed by atoms with Crippen LogP contribution in [0.5, 0.6) is 0 Å². The zero-order valence-electron chi connectivity index (χ0n) is 9.88. The van der Waals surface area contributed by atoms with Crippen molar-refractivity contribution in [3.63, 3.8) is 0 Å². The predicted molar refractivity (Wildman–Crippen MR) is 78.2 cm³/mol. The summed E-state index contributed by atoms with van der Waals surface area (Å²) in [6.07, 6.45) is 0. The predicted octanol–water partition coefficient (Wildman–Crippen LogP) is 5.02. The number of rotatable bonds is 2. The molecule has 0 fully saturated rings. The van der Waals surface area contributed by atoms with Gasteiger partial charge in [-0.15, -0.1) is 0 Å². The first-order valence-corrected chi connectivity index (χ1v) is 6.61. The molecular weight excluding hydrogens is 354 g/mol.